The lowest BCUT2D eigenvalue weighted by Gasteiger charge is -2.39. The van der Waals surface area contributed by atoms with Gasteiger partial charge in [-0.05, 0) is 40.5 Å². The Morgan fingerprint density at radius 3 is 2.48 bits per heavy atom. The molecule has 1 heterocycles. The fraction of sp³-hybridized carbons (Fsp3) is 0.938. The topological polar surface area (TPSA) is 45.5 Å². The van der Waals surface area contributed by atoms with Crippen LogP contribution in [0.2, 0.25) is 0 Å². The molecule has 0 N–H and O–H groups in total. The van der Waals surface area contributed by atoms with E-state index in [-0.39, 0.29) is 6.10 Å². The Hall–Kier alpha value is 0.500. The van der Waals surface area contributed by atoms with Crippen molar-refractivity contribution in [3.8, 4) is 6.07 Å². The zero-order valence-corrected chi connectivity index (χ0v) is 17.2. The zero-order chi connectivity index (χ0) is 16.9. The van der Waals surface area contributed by atoms with E-state index in [1.807, 2.05) is 21.6 Å². The monoisotopic (exact) mass is 376 g/mol. The van der Waals surface area contributed by atoms with Crippen molar-refractivity contribution in [3.63, 3.8) is 0 Å². The van der Waals surface area contributed by atoms with Crippen LogP contribution in [0.25, 0.3) is 0 Å². The summed E-state index contributed by atoms with van der Waals surface area (Å²) < 4.78 is 15.3. The molecule has 132 valence electrons. The zero-order valence-electron chi connectivity index (χ0n) is 14.7. The molecule has 0 aromatic carbocycles. The minimum Gasteiger partial charge on any atom is -0.321 e. The van der Waals surface area contributed by atoms with Crippen molar-refractivity contribution in [3.05, 3.63) is 0 Å². The summed E-state index contributed by atoms with van der Waals surface area (Å²) in [5, 5.41) is 8.80. The first-order chi connectivity index (χ1) is 11.0. The molecule has 0 bridgehead atoms. The van der Waals surface area contributed by atoms with Crippen molar-refractivity contribution in [2.24, 2.45) is 0 Å². The molecule has 2 aliphatic rings. The van der Waals surface area contributed by atoms with Crippen LogP contribution in [-0.4, -0.2) is 40.0 Å². The molecule has 0 aromatic rings. The second-order valence-electron chi connectivity index (χ2n) is 6.78. The van der Waals surface area contributed by atoms with Crippen molar-refractivity contribution in [2.75, 3.05) is 12.4 Å². The Morgan fingerprint density at radius 2 is 1.91 bits per heavy atom. The normalized spacial score (nSPS) is 24.9. The largest absolute Gasteiger partial charge is 0.321 e. The average Bonchev–Trinajstić information content (AvgIpc) is 3.10. The van der Waals surface area contributed by atoms with Gasteiger partial charge in [-0.3, -0.25) is 0 Å². The standard InChI is InChI=1S/C16H29N2O2PS2/c1-13(2)18(14(3)4)21(19-11-7-10-17)20-15-12-22-23-16(15)8-5-6-9-16/h13-15H,5-9,11-12H2,1-4H3. The van der Waals surface area contributed by atoms with E-state index in [1.54, 1.807) is 0 Å². The van der Waals surface area contributed by atoms with Crippen molar-refractivity contribution in [2.45, 2.75) is 82.7 Å². The third-order valence-electron chi connectivity index (χ3n) is 4.36. The van der Waals surface area contributed by atoms with Gasteiger partial charge < -0.3 is 9.05 Å². The van der Waals surface area contributed by atoms with Crippen LogP contribution in [-0.2, 0) is 9.05 Å². The van der Waals surface area contributed by atoms with E-state index in [0.717, 1.165) is 5.75 Å². The smallest absolute Gasteiger partial charge is 0.259 e. The molecule has 0 aromatic heterocycles. The fourth-order valence-electron chi connectivity index (χ4n) is 3.33. The third-order valence-corrected chi connectivity index (χ3v) is 9.82. The van der Waals surface area contributed by atoms with Crippen LogP contribution in [0, 0.1) is 11.3 Å². The Labute approximate surface area is 150 Å². The minimum atomic E-state index is -1.11. The van der Waals surface area contributed by atoms with Gasteiger partial charge in [0.05, 0.1) is 29.9 Å². The molecule has 2 unspecified atom stereocenters. The SMILES string of the molecule is CC(C)N(C(C)C)P(OCCC#N)OC1CSSC12CCCC2. The van der Waals surface area contributed by atoms with Crippen molar-refractivity contribution < 1.29 is 9.05 Å². The second-order valence-corrected chi connectivity index (χ2v) is 10.9. The molecule has 1 saturated carbocycles. The molecule has 2 fully saturated rings. The maximum Gasteiger partial charge on any atom is 0.259 e. The van der Waals surface area contributed by atoms with Crippen LogP contribution >= 0.6 is 30.1 Å². The van der Waals surface area contributed by atoms with Gasteiger partial charge in [-0.1, -0.05) is 34.4 Å². The number of nitrogens with zero attached hydrogens (tertiary/aromatic N) is 2. The second kappa shape index (κ2) is 9.27. The van der Waals surface area contributed by atoms with Gasteiger partial charge in [-0.25, -0.2) is 4.67 Å². The minimum absolute atomic E-state index is 0.271. The summed E-state index contributed by atoms with van der Waals surface area (Å²) in [7, 11) is 2.88. The van der Waals surface area contributed by atoms with E-state index in [9.17, 15) is 0 Å². The van der Waals surface area contributed by atoms with Crippen molar-refractivity contribution in [1.29, 1.82) is 5.26 Å². The first-order valence-electron chi connectivity index (χ1n) is 8.56. The maximum atomic E-state index is 8.80. The van der Waals surface area contributed by atoms with Crippen molar-refractivity contribution in [1.82, 2.24) is 4.67 Å². The highest BCUT2D eigenvalue weighted by Gasteiger charge is 2.49. The molecule has 7 heteroatoms. The summed E-state index contributed by atoms with van der Waals surface area (Å²) in [6, 6.07) is 2.90. The fourth-order valence-corrected chi connectivity index (χ4v) is 9.01. The van der Waals surface area contributed by atoms with Gasteiger partial charge in [0.25, 0.3) is 8.53 Å². The van der Waals surface area contributed by atoms with Crippen LogP contribution in [0.5, 0.6) is 0 Å². The lowest BCUT2D eigenvalue weighted by molar-refractivity contribution is 0.122. The van der Waals surface area contributed by atoms with Crippen molar-refractivity contribution >= 4 is 30.1 Å². The summed E-state index contributed by atoms with van der Waals surface area (Å²) in [4.78, 5) is 0. The van der Waals surface area contributed by atoms with Crippen LogP contribution in [0.3, 0.4) is 0 Å². The van der Waals surface area contributed by atoms with E-state index in [1.165, 1.54) is 25.7 Å². The summed E-state index contributed by atoms with van der Waals surface area (Å²) in [5.41, 5.74) is 0. The van der Waals surface area contributed by atoms with Gasteiger partial charge in [-0.15, -0.1) is 0 Å². The Balaban J connectivity index is 2.08. The van der Waals surface area contributed by atoms with Gasteiger partial charge in [0.2, 0.25) is 0 Å². The molecule has 1 aliphatic carbocycles. The average molecular weight is 377 g/mol. The van der Waals surface area contributed by atoms with Gasteiger partial charge in [0, 0.05) is 17.8 Å². The number of nitriles is 1. The highest BCUT2D eigenvalue weighted by Crippen LogP contribution is 2.60. The Morgan fingerprint density at radius 1 is 1.26 bits per heavy atom. The Bertz CT molecular complexity index is 398. The van der Waals surface area contributed by atoms with Gasteiger partial charge >= 0.3 is 0 Å². The summed E-state index contributed by atoms with van der Waals surface area (Å²) in [6.07, 6.45) is 5.86. The lowest BCUT2D eigenvalue weighted by Crippen LogP contribution is -2.39. The molecule has 2 atom stereocenters. The van der Waals surface area contributed by atoms with E-state index in [4.69, 9.17) is 14.3 Å². The molecule has 2 rings (SSSR count). The molecule has 0 amide bonds. The predicted octanol–water partition coefficient (Wildman–Crippen LogP) is 5.36. The van der Waals surface area contributed by atoms with E-state index < -0.39 is 8.53 Å². The van der Waals surface area contributed by atoms with E-state index in [0.29, 0.717) is 29.9 Å². The molecular formula is C16H29N2O2PS2. The number of rotatable bonds is 8. The predicted molar refractivity (Wildman–Crippen MR) is 101 cm³/mol. The molecule has 0 radical (unpaired) electrons. The van der Waals surface area contributed by atoms with Crippen LogP contribution in [0.1, 0.15) is 59.8 Å². The van der Waals surface area contributed by atoms with Gasteiger partial charge in [0.15, 0.2) is 0 Å². The lowest BCUT2D eigenvalue weighted by atomic mass is 10.0. The summed E-state index contributed by atoms with van der Waals surface area (Å²) >= 11 is 0. The molecule has 1 spiro atoms. The van der Waals surface area contributed by atoms with Gasteiger partial charge in [0.1, 0.15) is 0 Å². The van der Waals surface area contributed by atoms with Gasteiger partial charge in [-0.2, -0.15) is 5.26 Å². The highest BCUT2D eigenvalue weighted by atomic mass is 33.1. The summed E-state index contributed by atoms with van der Waals surface area (Å²) in [6.45, 7) is 9.22. The molecular weight excluding hydrogens is 347 g/mol. The van der Waals surface area contributed by atoms with Crippen LogP contribution < -0.4 is 0 Å². The first kappa shape index (κ1) is 19.8. The van der Waals surface area contributed by atoms with Crippen LogP contribution in [0.15, 0.2) is 0 Å². The summed E-state index contributed by atoms with van der Waals surface area (Å²) in [5.74, 6) is 1.05. The first-order valence-corrected chi connectivity index (χ1v) is 12.0. The van der Waals surface area contributed by atoms with E-state index in [2.05, 4.69) is 38.4 Å². The molecule has 1 saturated heterocycles. The van der Waals surface area contributed by atoms with Crippen LogP contribution in [0.4, 0.5) is 0 Å². The highest BCUT2D eigenvalue weighted by molar-refractivity contribution is 8.77. The molecule has 4 nitrogen and oxygen atoms in total. The number of hydrogen-bond acceptors (Lipinski definition) is 6. The molecule has 1 aliphatic heterocycles. The quantitative estimate of drug-likeness (QED) is 0.323. The number of hydrogen-bond donors (Lipinski definition) is 0. The maximum absolute atomic E-state index is 8.80. The third kappa shape index (κ3) is 5.00. The van der Waals surface area contributed by atoms with E-state index >= 15 is 0 Å². The molecule has 23 heavy (non-hydrogen) atoms. The Kier molecular flexibility index (Phi) is 7.99.